The van der Waals surface area contributed by atoms with E-state index in [1.807, 2.05) is 19.1 Å². The van der Waals surface area contributed by atoms with Crippen LogP contribution in [-0.4, -0.2) is 34.7 Å². The van der Waals surface area contributed by atoms with E-state index in [0.29, 0.717) is 35.6 Å². The Morgan fingerprint density at radius 1 is 0.875 bits per heavy atom. The van der Waals surface area contributed by atoms with Crippen LogP contribution in [0.4, 0.5) is 0 Å². The molecule has 0 atom stereocenters. The van der Waals surface area contributed by atoms with Crippen LogP contribution >= 0.6 is 11.6 Å². The Morgan fingerprint density at radius 3 is 2.25 bits per heavy atom. The number of aryl methyl sites for hydroxylation is 3. The molecule has 2 aromatic carbocycles. The molecule has 0 saturated carbocycles. The molecule has 8 nitrogen and oxygen atoms in total. The number of benzene rings is 2. The van der Waals surface area contributed by atoms with Crippen molar-refractivity contribution in [1.29, 1.82) is 0 Å². The average Bonchev–Trinajstić information content (AvgIpc) is 3.25. The first-order valence-electron chi connectivity index (χ1n) is 12.7. The molecule has 3 aromatic heterocycles. The summed E-state index contributed by atoms with van der Waals surface area (Å²) in [4.78, 5) is 26.4. The maximum Gasteiger partial charge on any atom is 0.275 e. The third-order valence-electron chi connectivity index (χ3n) is 7.44. The van der Waals surface area contributed by atoms with Crippen molar-refractivity contribution in [1.82, 2.24) is 13.1 Å². The molecule has 6 rings (SSSR count). The third-order valence-corrected chi connectivity index (χ3v) is 9.54. The molecular formula is C30H26ClN3O5S. The van der Waals surface area contributed by atoms with E-state index in [2.05, 4.69) is 12.1 Å². The van der Waals surface area contributed by atoms with Gasteiger partial charge in [-0.2, -0.15) is 0 Å². The van der Waals surface area contributed by atoms with Crippen LogP contribution in [0.1, 0.15) is 17.0 Å². The van der Waals surface area contributed by atoms with Crippen LogP contribution in [0.15, 0.2) is 87.5 Å². The molecule has 40 heavy (non-hydrogen) atoms. The molecule has 1 saturated heterocycles. The molecule has 0 amide bonds. The number of fused-ring (bicyclic) bond motifs is 1. The van der Waals surface area contributed by atoms with Crippen molar-refractivity contribution in [2.45, 2.75) is 17.7 Å². The Labute approximate surface area is 235 Å². The highest BCUT2D eigenvalue weighted by molar-refractivity contribution is 7.90. The smallest absolute Gasteiger partial charge is 0.275 e. The van der Waals surface area contributed by atoms with Gasteiger partial charge in [0.25, 0.3) is 21.1 Å². The monoisotopic (exact) mass is 575 g/mol. The van der Waals surface area contributed by atoms with Gasteiger partial charge in [-0.25, -0.2) is 12.4 Å². The lowest BCUT2D eigenvalue weighted by molar-refractivity contribution is 0.00844. The van der Waals surface area contributed by atoms with Gasteiger partial charge < -0.3 is 13.9 Å². The van der Waals surface area contributed by atoms with Crippen molar-refractivity contribution in [3.05, 3.63) is 110 Å². The first kappa shape index (κ1) is 26.3. The number of halogens is 1. The summed E-state index contributed by atoms with van der Waals surface area (Å²) in [6.07, 6.45) is 3.37. The lowest BCUT2D eigenvalue weighted by Gasteiger charge is -2.26. The minimum absolute atomic E-state index is 0.0102. The van der Waals surface area contributed by atoms with Gasteiger partial charge in [-0.15, -0.1) is 0 Å². The van der Waals surface area contributed by atoms with Crippen LogP contribution in [0, 0.1) is 6.92 Å². The van der Waals surface area contributed by atoms with Crippen molar-refractivity contribution in [2.75, 3.05) is 13.2 Å². The first-order chi connectivity index (χ1) is 19.1. The summed E-state index contributed by atoms with van der Waals surface area (Å²) in [5.41, 5.74) is 3.89. The van der Waals surface area contributed by atoms with Crippen LogP contribution < -0.4 is 11.1 Å². The lowest BCUT2D eigenvalue weighted by atomic mass is 9.91. The Kier molecular flexibility index (Phi) is 6.33. The van der Waals surface area contributed by atoms with Crippen LogP contribution in [-0.2, 0) is 28.9 Å². The summed E-state index contributed by atoms with van der Waals surface area (Å²) < 4.78 is 36.6. The van der Waals surface area contributed by atoms with Crippen LogP contribution in [0.3, 0.4) is 0 Å². The molecule has 0 radical (unpaired) electrons. The quantitative estimate of drug-likeness (QED) is 0.303. The predicted molar refractivity (Wildman–Crippen MR) is 156 cm³/mol. The molecule has 0 bridgehead atoms. The van der Waals surface area contributed by atoms with Crippen molar-refractivity contribution in [3.63, 3.8) is 0 Å². The van der Waals surface area contributed by atoms with Crippen molar-refractivity contribution in [2.24, 2.45) is 14.1 Å². The second-order valence-electron chi connectivity index (χ2n) is 10.2. The van der Waals surface area contributed by atoms with Gasteiger partial charge in [0.05, 0.1) is 18.1 Å². The second kappa shape index (κ2) is 9.62. The van der Waals surface area contributed by atoms with E-state index in [1.165, 1.54) is 33.4 Å². The zero-order chi connectivity index (χ0) is 28.3. The molecule has 10 heteroatoms. The normalized spacial score (nSPS) is 14.0. The Bertz CT molecular complexity index is 2040. The highest BCUT2D eigenvalue weighted by Crippen LogP contribution is 2.38. The SMILES string of the molecule is Cc1ccc(S(=O)(=O)n2c(Cl)cc3c(-c4cc(=O)n(C)cc4-c4cccc(C5COC5)c4)cn(C)c(=O)c32)cc1. The standard InChI is InChI=1S/C30H26ClN3O5S/c1-18-7-9-22(10-8-18)40(37,38)34-27(31)12-24-26(15-33(3)30(36)29(24)34)23-13-28(35)32(2)14-25(23)20-6-4-5-19(11-20)21-16-39-17-21/h4-15,21H,16-17H2,1-3H3. The van der Waals surface area contributed by atoms with Crippen LogP contribution in [0.25, 0.3) is 33.2 Å². The highest BCUT2D eigenvalue weighted by atomic mass is 35.5. The van der Waals surface area contributed by atoms with E-state index >= 15 is 0 Å². The molecule has 0 unspecified atom stereocenters. The van der Waals surface area contributed by atoms with E-state index in [1.54, 1.807) is 38.6 Å². The minimum Gasteiger partial charge on any atom is -0.380 e. The number of nitrogens with zero attached hydrogens (tertiary/aromatic N) is 3. The Morgan fingerprint density at radius 2 is 1.57 bits per heavy atom. The van der Waals surface area contributed by atoms with Gasteiger partial charge in [0.15, 0.2) is 0 Å². The van der Waals surface area contributed by atoms with E-state index in [9.17, 15) is 18.0 Å². The van der Waals surface area contributed by atoms with Crippen molar-refractivity contribution < 1.29 is 13.2 Å². The van der Waals surface area contributed by atoms with Crippen molar-refractivity contribution >= 4 is 32.5 Å². The molecule has 1 aliphatic heterocycles. The lowest BCUT2D eigenvalue weighted by Crippen LogP contribution is -2.25. The van der Waals surface area contributed by atoms with E-state index in [0.717, 1.165) is 26.2 Å². The highest BCUT2D eigenvalue weighted by Gasteiger charge is 2.27. The van der Waals surface area contributed by atoms with Gasteiger partial charge in [0.1, 0.15) is 10.7 Å². The number of hydrogen-bond donors (Lipinski definition) is 0. The molecule has 204 valence electrons. The fourth-order valence-electron chi connectivity index (χ4n) is 5.09. The van der Waals surface area contributed by atoms with Gasteiger partial charge in [0.2, 0.25) is 0 Å². The molecule has 0 aliphatic carbocycles. The number of rotatable bonds is 5. The molecule has 4 heterocycles. The molecular weight excluding hydrogens is 550 g/mol. The van der Waals surface area contributed by atoms with Gasteiger partial charge in [-0.1, -0.05) is 53.6 Å². The summed E-state index contributed by atoms with van der Waals surface area (Å²) >= 11 is 6.57. The summed E-state index contributed by atoms with van der Waals surface area (Å²) in [5, 5.41) is 0.208. The van der Waals surface area contributed by atoms with E-state index < -0.39 is 15.6 Å². The van der Waals surface area contributed by atoms with E-state index in [-0.39, 0.29) is 21.1 Å². The largest absolute Gasteiger partial charge is 0.380 e. The molecule has 5 aromatic rings. The summed E-state index contributed by atoms with van der Waals surface area (Å²) in [6.45, 7) is 3.17. The topological polar surface area (TPSA) is 92.3 Å². The number of pyridine rings is 2. The fraction of sp³-hybridized carbons (Fsp3) is 0.200. The van der Waals surface area contributed by atoms with E-state index in [4.69, 9.17) is 16.3 Å². The van der Waals surface area contributed by atoms with Crippen molar-refractivity contribution in [3.8, 4) is 22.3 Å². The maximum atomic E-state index is 13.7. The summed E-state index contributed by atoms with van der Waals surface area (Å²) in [7, 11) is -0.977. The fourth-order valence-corrected chi connectivity index (χ4v) is 6.95. The third kappa shape index (κ3) is 4.21. The number of ether oxygens (including phenoxy) is 1. The van der Waals surface area contributed by atoms with Gasteiger partial charge in [-0.3, -0.25) is 9.59 Å². The van der Waals surface area contributed by atoms with Crippen LogP contribution in [0.5, 0.6) is 0 Å². The zero-order valence-corrected chi connectivity index (χ0v) is 23.7. The Balaban J connectivity index is 1.64. The van der Waals surface area contributed by atoms with Crippen LogP contribution in [0.2, 0.25) is 5.15 Å². The second-order valence-corrected chi connectivity index (χ2v) is 12.4. The molecule has 1 fully saturated rings. The predicted octanol–water partition coefficient (Wildman–Crippen LogP) is 4.69. The van der Waals surface area contributed by atoms with Gasteiger partial charge >= 0.3 is 0 Å². The molecule has 1 aliphatic rings. The summed E-state index contributed by atoms with van der Waals surface area (Å²) in [5.74, 6) is 0.306. The van der Waals surface area contributed by atoms with Gasteiger partial charge in [0, 0.05) is 55.0 Å². The minimum atomic E-state index is -4.20. The Hall–Kier alpha value is -3.92. The molecule has 0 N–H and O–H groups in total. The molecule has 0 spiro atoms. The number of hydrogen-bond acceptors (Lipinski definition) is 5. The maximum absolute atomic E-state index is 13.7. The zero-order valence-electron chi connectivity index (χ0n) is 22.1. The number of aromatic nitrogens is 3. The first-order valence-corrected chi connectivity index (χ1v) is 14.5. The summed E-state index contributed by atoms with van der Waals surface area (Å²) in [6, 6.07) is 17.4. The van der Waals surface area contributed by atoms with Gasteiger partial charge in [-0.05, 0) is 41.8 Å². The average molecular weight is 576 g/mol.